The highest BCUT2D eigenvalue weighted by Gasteiger charge is 2.10. The summed E-state index contributed by atoms with van der Waals surface area (Å²) in [5, 5.41) is 20.6. The molecule has 0 spiro atoms. The van der Waals surface area contributed by atoms with Gasteiger partial charge in [-0.25, -0.2) is 0 Å². The van der Waals surface area contributed by atoms with Gasteiger partial charge in [0.25, 0.3) is 5.91 Å². The van der Waals surface area contributed by atoms with Crippen LogP contribution in [0.15, 0.2) is 42.5 Å². The van der Waals surface area contributed by atoms with E-state index in [1.165, 1.54) is 0 Å². The minimum absolute atomic E-state index is 0.244. The van der Waals surface area contributed by atoms with Crippen LogP contribution in [0.2, 0.25) is 0 Å². The topological polar surface area (TPSA) is 95.1 Å². The van der Waals surface area contributed by atoms with Crippen molar-refractivity contribution in [2.24, 2.45) is 0 Å². The molecule has 0 saturated heterocycles. The third-order valence-electron chi connectivity index (χ3n) is 3.05. The Balaban J connectivity index is 2.04. The van der Waals surface area contributed by atoms with Gasteiger partial charge in [-0.2, -0.15) is 10.5 Å². The Labute approximate surface area is 139 Å². The van der Waals surface area contributed by atoms with Gasteiger partial charge in [0.1, 0.15) is 6.07 Å². The molecule has 120 valence electrons. The molecule has 2 aromatic carbocycles. The fourth-order valence-corrected chi connectivity index (χ4v) is 1.98. The molecule has 1 amide bonds. The predicted molar refractivity (Wildman–Crippen MR) is 87.6 cm³/mol. The van der Waals surface area contributed by atoms with Gasteiger partial charge < -0.3 is 14.8 Å². The lowest BCUT2D eigenvalue weighted by Gasteiger charge is -2.12. The lowest BCUT2D eigenvalue weighted by Crippen LogP contribution is -2.21. The molecule has 0 saturated carbocycles. The number of carbonyl (C=O) groups is 1. The van der Waals surface area contributed by atoms with Crippen LogP contribution in [0.3, 0.4) is 0 Å². The molecule has 24 heavy (non-hydrogen) atoms. The van der Waals surface area contributed by atoms with E-state index in [-0.39, 0.29) is 6.61 Å². The summed E-state index contributed by atoms with van der Waals surface area (Å²) in [5.41, 5.74) is 1.25. The van der Waals surface area contributed by atoms with Crippen molar-refractivity contribution in [3.8, 4) is 23.6 Å². The third kappa shape index (κ3) is 4.25. The van der Waals surface area contributed by atoms with Gasteiger partial charge in [-0.05, 0) is 31.2 Å². The number of amides is 1. The highest BCUT2D eigenvalue weighted by molar-refractivity contribution is 5.93. The first-order chi connectivity index (χ1) is 11.7. The van der Waals surface area contributed by atoms with E-state index >= 15 is 0 Å². The van der Waals surface area contributed by atoms with Crippen molar-refractivity contribution in [2.45, 2.75) is 6.92 Å². The molecule has 6 nitrogen and oxygen atoms in total. The van der Waals surface area contributed by atoms with Crippen molar-refractivity contribution >= 4 is 11.6 Å². The van der Waals surface area contributed by atoms with Crippen molar-refractivity contribution in [3.05, 3.63) is 53.6 Å². The molecule has 0 aromatic heterocycles. The number of nitriles is 2. The first-order valence-electron chi connectivity index (χ1n) is 7.26. The summed E-state index contributed by atoms with van der Waals surface area (Å²) in [7, 11) is 0. The van der Waals surface area contributed by atoms with Gasteiger partial charge in [0, 0.05) is 6.07 Å². The zero-order chi connectivity index (χ0) is 17.4. The molecule has 0 fully saturated rings. The number of para-hydroxylation sites is 1. The van der Waals surface area contributed by atoms with Crippen LogP contribution in [0.1, 0.15) is 18.1 Å². The largest absolute Gasteiger partial charge is 0.490 e. The molecule has 0 heterocycles. The average Bonchev–Trinajstić information content (AvgIpc) is 2.61. The van der Waals surface area contributed by atoms with Gasteiger partial charge in [-0.15, -0.1) is 0 Å². The zero-order valence-electron chi connectivity index (χ0n) is 13.1. The highest BCUT2D eigenvalue weighted by atomic mass is 16.5. The van der Waals surface area contributed by atoms with E-state index in [4.69, 9.17) is 20.0 Å². The summed E-state index contributed by atoms with van der Waals surface area (Å²) in [5.74, 6) is 0.380. The van der Waals surface area contributed by atoms with E-state index < -0.39 is 5.91 Å². The fourth-order valence-electron chi connectivity index (χ4n) is 1.98. The van der Waals surface area contributed by atoms with Crippen LogP contribution in [0.5, 0.6) is 11.5 Å². The molecular weight excluding hydrogens is 306 g/mol. The van der Waals surface area contributed by atoms with Gasteiger partial charge in [-0.1, -0.05) is 12.1 Å². The number of hydrogen-bond donors (Lipinski definition) is 1. The highest BCUT2D eigenvalue weighted by Crippen LogP contribution is 2.28. The standard InChI is InChI=1S/C18H15N3O3/c1-2-23-17-9-13(10-19)7-8-16(17)24-12-18(22)21-15-6-4-3-5-14(15)11-20/h3-9H,2,12H2,1H3,(H,21,22). The lowest BCUT2D eigenvalue weighted by atomic mass is 10.2. The summed E-state index contributed by atoms with van der Waals surface area (Å²) >= 11 is 0. The molecule has 0 radical (unpaired) electrons. The SMILES string of the molecule is CCOc1cc(C#N)ccc1OCC(=O)Nc1ccccc1C#N. The quantitative estimate of drug-likeness (QED) is 0.882. The molecule has 6 heteroatoms. The van der Waals surface area contributed by atoms with Gasteiger partial charge in [0.2, 0.25) is 0 Å². The molecular formula is C18H15N3O3. The summed E-state index contributed by atoms with van der Waals surface area (Å²) in [6.45, 7) is 1.98. The maximum atomic E-state index is 12.0. The van der Waals surface area contributed by atoms with Crippen LogP contribution >= 0.6 is 0 Å². The van der Waals surface area contributed by atoms with Crippen molar-refractivity contribution in [2.75, 3.05) is 18.5 Å². The number of nitrogens with one attached hydrogen (secondary N) is 1. The van der Waals surface area contributed by atoms with Crippen LogP contribution in [-0.2, 0) is 4.79 Å². The van der Waals surface area contributed by atoms with E-state index in [9.17, 15) is 4.79 Å². The van der Waals surface area contributed by atoms with Crippen LogP contribution in [0, 0.1) is 22.7 Å². The second kappa shape index (κ2) is 8.21. The summed E-state index contributed by atoms with van der Waals surface area (Å²) in [4.78, 5) is 12.0. The number of benzene rings is 2. The smallest absolute Gasteiger partial charge is 0.262 e. The Morgan fingerprint density at radius 2 is 1.88 bits per heavy atom. The van der Waals surface area contributed by atoms with Crippen molar-refractivity contribution in [3.63, 3.8) is 0 Å². The molecule has 2 aromatic rings. The molecule has 2 rings (SSSR count). The Morgan fingerprint density at radius 3 is 2.58 bits per heavy atom. The minimum atomic E-state index is -0.399. The van der Waals surface area contributed by atoms with Gasteiger partial charge >= 0.3 is 0 Å². The van der Waals surface area contributed by atoms with Gasteiger partial charge in [-0.3, -0.25) is 4.79 Å². The Morgan fingerprint density at radius 1 is 1.08 bits per heavy atom. The monoisotopic (exact) mass is 321 g/mol. The van der Waals surface area contributed by atoms with Crippen LogP contribution in [0.25, 0.3) is 0 Å². The summed E-state index contributed by atoms with van der Waals surface area (Å²) in [6.07, 6.45) is 0. The molecule has 0 aliphatic heterocycles. The molecule has 0 bridgehead atoms. The summed E-state index contributed by atoms with van der Waals surface area (Å²) < 4.78 is 10.9. The number of hydrogen-bond acceptors (Lipinski definition) is 5. The lowest BCUT2D eigenvalue weighted by molar-refractivity contribution is -0.118. The van der Waals surface area contributed by atoms with E-state index in [1.54, 1.807) is 42.5 Å². The zero-order valence-corrected chi connectivity index (χ0v) is 13.1. The minimum Gasteiger partial charge on any atom is -0.490 e. The maximum absolute atomic E-state index is 12.0. The average molecular weight is 321 g/mol. The van der Waals surface area contributed by atoms with E-state index in [0.29, 0.717) is 34.9 Å². The van der Waals surface area contributed by atoms with E-state index in [0.717, 1.165) is 0 Å². The molecule has 0 aliphatic rings. The maximum Gasteiger partial charge on any atom is 0.262 e. The Hall–Kier alpha value is -3.51. The Bertz CT molecular complexity index is 819. The van der Waals surface area contributed by atoms with Gasteiger partial charge in [0.05, 0.1) is 29.5 Å². The third-order valence-corrected chi connectivity index (χ3v) is 3.05. The molecule has 1 N–H and O–H groups in total. The second-order valence-corrected chi connectivity index (χ2v) is 4.70. The fraction of sp³-hybridized carbons (Fsp3) is 0.167. The normalized spacial score (nSPS) is 9.46. The van der Waals surface area contributed by atoms with Crippen molar-refractivity contribution < 1.29 is 14.3 Å². The van der Waals surface area contributed by atoms with Crippen LogP contribution < -0.4 is 14.8 Å². The van der Waals surface area contributed by atoms with Gasteiger partial charge in [0.15, 0.2) is 18.1 Å². The van der Waals surface area contributed by atoms with Crippen LogP contribution in [-0.4, -0.2) is 19.1 Å². The first-order valence-corrected chi connectivity index (χ1v) is 7.26. The number of nitrogens with zero attached hydrogens (tertiary/aromatic N) is 2. The number of ether oxygens (including phenoxy) is 2. The van der Waals surface area contributed by atoms with E-state index in [2.05, 4.69) is 5.32 Å². The van der Waals surface area contributed by atoms with Crippen molar-refractivity contribution in [1.82, 2.24) is 0 Å². The predicted octanol–water partition coefficient (Wildman–Crippen LogP) is 2.85. The first kappa shape index (κ1) is 16.9. The Kier molecular flexibility index (Phi) is 5.76. The second-order valence-electron chi connectivity index (χ2n) is 4.70. The molecule has 0 aliphatic carbocycles. The van der Waals surface area contributed by atoms with E-state index in [1.807, 2.05) is 19.1 Å². The molecule has 0 atom stereocenters. The number of carbonyl (C=O) groups excluding carboxylic acids is 1. The van der Waals surface area contributed by atoms with Crippen LogP contribution in [0.4, 0.5) is 5.69 Å². The number of rotatable bonds is 6. The number of anilines is 1. The summed E-state index contributed by atoms with van der Waals surface area (Å²) in [6, 6.07) is 15.5. The van der Waals surface area contributed by atoms with Crippen molar-refractivity contribution in [1.29, 1.82) is 10.5 Å². The molecule has 0 unspecified atom stereocenters.